The van der Waals surface area contributed by atoms with E-state index in [9.17, 15) is 4.79 Å². The average molecular weight is 267 g/mol. The van der Waals surface area contributed by atoms with Crippen molar-refractivity contribution in [2.45, 2.75) is 58.0 Å². The summed E-state index contributed by atoms with van der Waals surface area (Å²) >= 11 is 0. The van der Waals surface area contributed by atoms with Crippen LogP contribution >= 0.6 is 0 Å². The summed E-state index contributed by atoms with van der Waals surface area (Å²) in [7, 11) is 0. The summed E-state index contributed by atoms with van der Waals surface area (Å²) in [6, 6.07) is 0.00818. The van der Waals surface area contributed by atoms with Gasteiger partial charge in [-0.3, -0.25) is 4.79 Å². The van der Waals surface area contributed by atoms with Crippen LogP contribution in [0.25, 0.3) is 0 Å². The molecular weight excluding hydrogens is 238 g/mol. The van der Waals surface area contributed by atoms with Crippen molar-refractivity contribution in [3.8, 4) is 0 Å². The molecule has 0 spiro atoms. The van der Waals surface area contributed by atoms with E-state index in [1.54, 1.807) is 0 Å². The van der Waals surface area contributed by atoms with Crippen LogP contribution in [0.1, 0.15) is 46.0 Å². The van der Waals surface area contributed by atoms with E-state index in [0.29, 0.717) is 6.04 Å². The molecule has 2 atom stereocenters. The fourth-order valence-electron chi connectivity index (χ4n) is 2.76. The van der Waals surface area contributed by atoms with E-state index in [-0.39, 0.29) is 17.9 Å². The van der Waals surface area contributed by atoms with Crippen LogP contribution in [0.3, 0.4) is 0 Å². The molecular formula is C15H29N3O. The number of nitrogens with zero attached hydrogens (tertiary/aromatic N) is 1. The lowest BCUT2D eigenvalue weighted by molar-refractivity contribution is -0.137. The SMILES string of the molecule is CC(C)C(N)C(=O)N1CCCCC1CNCC1CC1. The van der Waals surface area contributed by atoms with Gasteiger partial charge in [0.05, 0.1) is 6.04 Å². The summed E-state index contributed by atoms with van der Waals surface area (Å²) in [6.45, 7) is 6.98. The molecule has 1 aliphatic carbocycles. The maximum Gasteiger partial charge on any atom is 0.240 e. The average Bonchev–Trinajstić information content (AvgIpc) is 3.21. The second kappa shape index (κ2) is 6.71. The number of hydrogen-bond donors (Lipinski definition) is 2. The van der Waals surface area contributed by atoms with Crippen LogP contribution in [0, 0.1) is 11.8 Å². The van der Waals surface area contributed by atoms with Gasteiger partial charge in [-0.2, -0.15) is 0 Å². The lowest BCUT2D eigenvalue weighted by Crippen LogP contribution is -2.55. The number of nitrogens with one attached hydrogen (secondary N) is 1. The molecule has 1 heterocycles. The number of likely N-dealkylation sites (tertiary alicyclic amines) is 1. The Balaban J connectivity index is 1.84. The highest BCUT2D eigenvalue weighted by Crippen LogP contribution is 2.27. The predicted molar refractivity (Wildman–Crippen MR) is 77.8 cm³/mol. The summed E-state index contributed by atoms with van der Waals surface area (Å²) in [5.74, 6) is 1.26. The van der Waals surface area contributed by atoms with Crippen LogP contribution in [0.2, 0.25) is 0 Å². The molecule has 4 nitrogen and oxygen atoms in total. The summed E-state index contributed by atoms with van der Waals surface area (Å²) in [4.78, 5) is 14.5. The molecule has 0 aromatic carbocycles. The van der Waals surface area contributed by atoms with Gasteiger partial charge in [0.25, 0.3) is 0 Å². The molecule has 0 bridgehead atoms. The summed E-state index contributed by atoms with van der Waals surface area (Å²) < 4.78 is 0. The molecule has 3 N–H and O–H groups in total. The van der Waals surface area contributed by atoms with E-state index < -0.39 is 0 Å². The number of carbonyl (C=O) groups excluding carboxylic acids is 1. The Hall–Kier alpha value is -0.610. The van der Waals surface area contributed by atoms with E-state index >= 15 is 0 Å². The molecule has 2 fully saturated rings. The fourth-order valence-corrected chi connectivity index (χ4v) is 2.76. The lowest BCUT2D eigenvalue weighted by atomic mass is 9.98. The minimum absolute atomic E-state index is 0.146. The Morgan fingerprint density at radius 2 is 2.00 bits per heavy atom. The van der Waals surface area contributed by atoms with E-state index in [2.05, 4.69) is 5.32 Å². The van der Waals surface area contributed by atoms with Crippen molar-refractivity contribution >= 4 is 5.91 Å². The monoisotopic (exact) mass is 267 g/mol. The molecule has 0 aromatic heterocycles. The minimum Gasteiger partial charge on any atom is -0.337 e. The van der Waals surface area contributed by atoms with Crippen LogP contribution in [0.4, 0.5) is 0 Å². The van der Waals surface area contributed by atoms with Gasteiger partial charge in [-0.1, -0.05) is 13.8 Å². The van der Waals surface area contributed by atoms with Crippen LogP contribution in [-0.2, 0) is 4.79 Å². The molecule has 0 radical (unpaired) electrons. The molecule has 1 aliphatic heterocycles. The third kappa shape index (κ3) is 4.18. The molecule has 1 amide bonds. The maximum atomic E-state index is 12.4. The Labute approximate surface area is 117 Å². The minimum atomic E-state index is -0.343. The van der Waals surface area contributed by atoms with Gasteiger partial charge in [-0.15, -0.1) is 0 Å². The largest absolute Gasteiger partial charge is 0.337 e. The Morgan fingerprint density at radius 3 is 2.63 bits per heavy atom. The highest BCUT2D eigenvalue weighted by molar-refractivity contribution is 5.82. The van der Waals surface area contributed by atoms with Gasteiger partial charge in [0.15, 0.2) is 0 Å². The Kier molecular flexibility index (Phi) is 5.22. The topological polar surface area (TPSA) is 58.4 Å². The highest BCUT2D eigenvalue weighted by Gasteiger charge is 2.31. The van der Waals surface area contributed by atoms with Gasteiger partial charge >= 0.3 is 0 Å². The summed E-state index contributed by atoms with van der Waals surface area (Å²) in [5, 5.41) is 3.54. The molecule has 1 saturated heterocycles. The lowest BCUT2D eigenvalue weighted by Gasteiger charge is -2.38. The smallest absolute Gasteiger partial charge is 0.240 e. The van der Waals surface area contributed by atoms with Crippen molar-refractivity contribution in [2.75, 3.05) is 19.6 Å². The van der Waals surface area contributed by atoms with Gasteiger partial charge in [0, 0.05) is 19.1 Å². The fraction of sp³-hybridized carbons (Fsp3) is 0.933. The molecule has 1 saturated carbocycles. The number of hydrogen-bond acceptors (Lipinski definition) is 3. The van der Waals surface area contributed by atoms with Crippen molar-refractivity contribution in [3.05, 3.63) is 0 Å². The molecule has 2 aliphatic rings. The highest BCUT2D eigenvalue weighted by atomic mass is 16.2. The van der Waals surface area contributed by atoms with Crippen LogP contribution < -0.4 is 11.1 Å². The van der Waals surface area contributed by atoms with E-state index in [1.807, 2.05) is 18.7 Å². The normalized spacial score (nSPS) is 25.7. The van der Waals surface area contributed by atoms with Gasteiger partial charge in [-0.05, 0) is 50.5 Å². The molecule has 0 aromatic rings. The van der Waals surface area contributed by atoms with E-state index in [0.717, 1.165) is 38.4 Å². The number of amides is 1. The first kappa shape index (κ1) is 14.8. The summed E-state index contributed by atoms with van der Waals surface area (Å²) in [5.41, 5.74) is 6.03. The van der Waals surface area contributed by atoms with E-state index in [4.69, 9.17) is 5.73 Å². The quantitative estimate of drug-likeness (QED) is 0.764. The van der Waals surface area contributed by atoms with Crippen LogP contribution in [0.15, 0.2) is 0 Å². The molecule has 4 heteroatoms. The molecule has 2 rings (SSSR count). The first-order chi connectivity index (χ1) is 9.09. The second-order valence-corrected chi connectivity index (χ2v) is 6.55. The van der Waals surface area contributed by atoms with Crippen LogP contribution in [-0.4, -0.2) is 42.5 Å². The number of rotatable bonds is 6. The zero-order valence-electron chi connectivity index (χ0n) is 12.4. The second-order valence-electron chi connectivity index (χ2n) is 6.55. The third-order valence-corrected chi connectivity index (χ3v) is 4.42. The van der Waals surface area contributed by atoms with Crippen molar-refractivity contribution in [3.63, 3.8) is 0 Å². The Bertz CT molecular complexity index is 302. The number of piperidine rings is 1. The van der Waals surface area contributed by atoms with E-state index in [1.165, 1.54) is 19.3 Å². The predicted octanol–water partition coefficient (Wildman–Crippen LogP) is 1.35. The van der Waals surface area contributed by atoms with Crippen molar-refractivity contribution in [1.82, 2.24) is 10.2 Å². The van der Waals surface area contributed by atoms with Crippen molar-refractivity contribution in [2.24, 2.45) is 17.6 Å². The standard InChI is InChI=1S/C15H29N3O/c1-11(2)14(16)15(19)18-8-4-3-5-13(18)10-17-9-12-6-7-12/h11-14,17H,3-10,16H2,1-2H3. The van der Waals surface area contributed by atoms with Crippen molar-refractivity contribution < 1.29 is 4.79 Å². The molecule has 19 heavy (non-hydrogen) atoms. The molecule has 110 valence electrons. The zero-order chi connectivity index (χ0) is 13.8. The van der Waals surface area contributed by atoms with Gasteiger partial charge in [0.2, 0.25) is 5.91 Å². The third-order valence-electron chi connectivity index (χ3n) is 4.42. The van der Waals surface area contributed by atoms with Crippen molar-refractivity contribution in [1.29, 1.82) is 0 Å². The maximum absolute atomic E-state index is 12.4. The van der Waals surface area contributed by atoms with Gasteiger partial charge in [-0.25, -0.2) is 0 Å². The zero-order valence-corrected chi connectivity index (χ0v) is 12.4. The first-order valence-corrected chi connectivity index (χ1v) is 7.86. The first-order valence-electron chi connectivity index (χ1n) is 7.86. The van der Waals surface area contributed by atoms with Gasteiger partial charge < -0.3 is 16.0 Å². The number of nitrogens with two attached hydrogens (primary N) is 1. The van der Waals surface area contributed by atoms with Crippen LogP contribution in [0.5, 0.6) is 0 Å². The van der Waals surface area contributed by atoms with Gasteiger partial charge in [0.1, 0.15) is 0 Å². The Morgan fingerprint density at radius 1 is 1.26 bits per heavy atom. The summed E-state index contributed by atoms with van der Waals surface area (Å²) in [6.07, 6.45) is 6.22. The molecule has 2 unspecified atom stereocenters. The number of carbonyl (C=O) groups is 1.